The number of halogens is 2. The summed E-state index contributed by atoms with van der Waals surface area (Å²) in [5.74, 6) is -0.904. The highest BCUT2D eigenvalue weighted by Crippen LogP contribution is 2.31. The molecule has 1 heterocycles. The second-order valence-corrected chi connectivity index (χ2v) is 5.88. The summed E-state index contributed by atoms with van der Waals surface area (Å²) >= 11 is 13.3. The van der Waals surface area contributed by atoms with Crippen LogP contribution in [0.1, 0.15) is 11.4 Å². The van der Waals surface area contributed by atoms with Gasteiger partial charge in [0, 0.05) is 5.02 Å². The van der Waals surface area contributed by atoms with E-state index in [0.717, 1.165) is 17.3 Å². The third-order valence-electron chi connectivity index (χ3n) is 2.64. The van der Waals surface area contributed by atoms with Crippen molar-refractivity contribution in [3.8, 4) is 5.69 Å². The predicted octanol–water partition coefficient (Wildman–Crippen LogP) is 2.55. The summed E-state index contributed by atoms with van der Waals surface area (Å²) in [5.41, 5.74) is 1.30. The van der Waals surface area contributed by atoms with Crippen molar-refractivity contribution in [2.24, 2.45) is 0 Å². The minimum absolute atomic E-state index is 0.180. The molecular weight excluding hydrogens is 337 g/mol. The molecule has 0 aliphatic rings. The maximum absolute atomic E-state index is 10.7. The van der Waals surface area contributed by atoms with Gasteiger partial charge < -0.3 is 10.2 Å². The fraction of sp³-hybridized carbons (Fsp3) is 0.250. The van der Waals surface area contributed by atoms with Crippen LogP contribution in [0.2, 0.25) is 10.0 Å². The molecule has 2 rings (SSSR count). The van der Waals surface area contributed by atoms with Gasteiger partial charge in [0.15, 0.2) is 11.0 Å². The lowest BCUT2D eigenvalue weighted by molar-refractivity contribution is -0.133. The Morgan fingerprint density at radius 3 is 2.67 bits per heavy atom. The molecule has 0 saturated heterocycles. The topological polar surface area (TPSA) is 88.2 Å². The first-order chi connectivity index (χ1) is 9.93. The zero-order valence-corrected chi connectivity index (χ0v) is 13.2. The highest BCUT2D eigenvalue weighted by Gasteiger charge is 2.18. The molecule has 0 fully saturated rings. The number of carbonyl (C=O) groups is 1. The molecule has 21 heavy (non-hydrogen) atoms. The van der Waals surface area contributed by atoms with Gasteiger partial charge in [-0.05, 0) is 24.6 Å². The quantitative estimate of drug-likeness (QED) is 0.808. The molecule has 0 amide bonds. The van der Waals surface area contributed by atoms with Crippen LogP contribution in [0.4, 0.5) is 0 Å². The molecule has 0 bridgehead atoms. The van der Waals surface area contributed by atoms with Crippen molar-refractivity contribution in [2.75, 3.05) is 5.75 Å². The summed E-state index contributed by atoms with van der Waals surface area (Å²) in [4.78, 5) is 10.7. The fourth-order valence-corrected chi connectivity index (χ4v) is 2.82. The maximum Gasteiger partial charge on any atom is 0.313 e. The minimum Gasteiger partial charge on any atom is -0.481 e. The van der Waals surface area contributed by atoms with Gasteiger partial charge in [0.2, 0.25) is 0 Å². The summed E-state index contributed by atoms with van der Waals surface area (Å²) in [6.07, 6.45) is 0. The van der Waals surface area contributed by atoms with Crippen molar-refractivity contribution in [3.63, 3.8) is 0 Å². The molecule has 2 N–H and O–H groups in total. The van der Waals surface area contributed by atoms with Gasteiger partial charge in [-0.1, -0.05) is 35.0 Å². The number of aryl methyl sites for hydroxylation is 1. The third kappa shape index (κ3) is 3.49. The first kappa shape index (κ1) is 16.1. The molecule has 1 aromatic heterocycles. The van der Waals surface area contributed by atoms with Crippen LogP contribution in [-0.2, 0) is 11.4 Å². The highest BCUT2D eigenvalue weighted by atomic mass is 35.5. The zero-order valence-electron chi connectivity index (χ0n) is 10.9. The van der Waals surface area contributed by atoms with E-state index in [4.69, 9.17) is 28.3 Å². The number of benzene rings is 1. The summed E-state index contributed by atoms with van der Waals surface area (Å²) in [7, 11) is 0. The molecule has 6 nitrogen and oxygen atoms in total. The van der Waals surface area contributed by atoms with Crippen molar-refractivity contribution in [1.29, 1.82) is 0 Å². The average molecular weight is 348 g/mol. The van der Waals surface area contributed by atoms with E-state index >= 15 is 0 Å². The van der Waals surface area contributed by atoms with Gasteiger partial charge >= 0.3 is 5.97 Å². The summed E-state index contributed by atoms with van der Waals surface area (Å²) < 4.78 is 1.50. The molecule has 0 radical (unpaired) electrons. The normalized spacial score (nSPS) is 10.9. The Kier molecular flexibility index (Phi) is 5.10. The minimum atomic E-state index is -0.979. The lowest BCUT2D eigenvalue weighted by atomic mass is 10.2. The Morgan fingerprint density at radius 1 is 1.33 bits per heavy atom. The molecule has 1 aromatic carbocycles. The molecule has 0 aliphatic carbocycles. The number of carboxylic acids is 1. The van der Waals surface area contributed by atoms with E-state index < -0.39 is 5.97 Å². The van der Waals surface area contributed by atoms with Gasteiger partial charge in [-0.2, -0.15) is 0 Å². The number of hydrogen-bond acceptors (Lipinski definition) is 5. The van der Waals surface area contributed by atoms with Gasteiger partial charge in [0.05, 0.1) is 16.5 Å². The van der Waals surface area contributed by atoms with Crippen LogP contribution < -0.4 is 0 Å². The molecule has 2 aromatic rings. The van der Waals surface area contributed by atoms with Crippen molar-refractivity contribution in [1.82, 2.24) is 14.8 Å². The fourth-order valence-electron chi connectivity index (χ4n) is 1.67. The lowest BCUT2D eigenvalue weighted by Gasteiger charge is -2.12. The smallest absolute Gasteiger partial charge is 0.313 e. The van der Waals surface area contributed by atoms with Crippen LogP contribution in [0.25, 0.3) is 5.69 Å². The SMILES string of the molecule is Cc1cc(Cl)c(-n2c(CO)nnc2SCC(=O)O)cc1Cl. The average Bonchev–Trinajstić information content (AvgIpc) is 2.83. The van der Waals surface area contributed by atoms with E-state index in [9.17, 15) is 9.90 Å². The van der Waals surface area contributed by atoms with Gasteiger partial charge in [-0.3, -0.25) is 9.36 Å². The number of hydrogen-bond donors (Lipinski definition) is 2. The second-order valence-electron chi connectivity index (χ2n) is 4.13. The monoisotopic (exact) mass is 347 g/mol. The van der Waals surface area contributed by atoms with Gasteiger partial charge in [-0.25, -0.2) is 0 Å². The van der Waals surface area contributed by atoms with Crippen LogP contribution in [0.3, 0.4) is 0 Å². The Hall–Kier alpha value is -1.28. The number of thioether (sulfide) groups is 1. The standard InChI is InChI=1S/C12H11Cl2N3O3S/c1-6-2-8(14)9(3-7(6)13)17-10(4-18)15-16-12(17)21-5-11(19)20/h2-3,18H,4-5H2,1H3,(H,19,20). The van der Waals surface area contributed by atoms with Crippen LogP contribution in [-0.4, -0.2) is 36.7 Å². The summed E-state index contributed by atoms with van der Waals surface area (Å²) in [6, 6.07) is 3.32. The molecular formula is C12H11Cl2N3O3S. The van der Waals surface area contributed by atoms with E-state index in [0.29, 0.717) is 20.9 Å². The van der Waals surface area contributed by atoms with Gasteiger partial charge in [-0.15, -0.1) is 10.2 Å². The van der Waals surface area contributed by atoms with Crippen molar-refractivity contribution in [2.45, 2.75) is 18.7 Å². The Bertz CT molecular complexity index is 691. The molecule has 9 heteroatoms. The number of carboxylic acid groups (broad SMARTS) is 1. The van der Waals surface area contributed by atoms with E-state index in [1.807, 2.05) is 6.92 Å². The number of nitrogens with zero attached hydrogens (tertiary/aromatic N) is 3. The van der Waals surface area contributed by atoms with E-state index in [2.05, 4.69) is 10.2 Å². The van der Waals surface area contributed by atoms with Crippen LogP contribution in [0.5, 0.6) is 0 Å². The summed E-state index contributed by atoms with van der Waals surface area (Å²) in [5, 5.41) is 27.1. The molecule has 0 unspecified atom stereocenters. The number of aliphatic hydroxyl groups is 1. The van der Waals surface area contributed by atoms with Crippen LogP contribution in [0, 0.1) is 6.92 Å². The zero-order chi connectivity index (χ0) is 15.6. The Labute approximate surface area is 134 Å². The largest absolute Gasteiger partial charge is 0.481 e. The van der Waals surface area contributed by atoms with E-state index in [-0.39, 0.29) is 18.2 Å². The number of aromatic nitrogens is 3. The molecule has 0 saturated carbocycles. The molecule has 0 aliphatic heterocycles. The molecule has 112 valence electrons. The Morgan fingerprint density at radius 2 is 2.05 bits per heavy atom. The summed E-state index contributed by atoms with van der Waals surface area (Å²) in [6.45, 7) is 1.46. The number of aliphatic hydroxyl groups excluding tert-OH is 1. The third-order valence-corrected chi connectivity index (χ3v) is 4.26. The van der Waals surface area contributed by atoms with Crippen molar-refractivity contribution >= 4 is 40.9 Å². The molecule has 0 atom stereocenters. The highest BCUT2D eigenvalue weighted by molar-refractivity contribution is 7.99. The second kappa shape index (κ2) is 6.65. The van der Waals surface area contributed by atoms with E-state index in [1.165, 1.54) is 4.57 Å². The maximum atomic E-state index is 10.7. The lowest BCUT2D eigenvalue weighted by Crippen LogP contribution is -2.06. The van der Waals surface area contributed by atoms with E-state index in [1.54, 1.807) is 12.1 Å². The number of aliphatic carboxylic acids is 1. The van der Waals surface area contributed by atoms with Gasteiger partial charge in [0.1, 0.15) is 6.61 Å². The van der Waals surface area contributed by atoms with Crippen LogP contribution >= 0.6 is 35.0 Å². The van der Waals surface area contributed by atoms with Crippen molar-refractivity contribution in [3.05, 3.63) is 33.6 Å². The first-order valence-corrected chi connectivity index (χ1v) is 7.54. The number of rotatable bonds is 5. The van der Waals surface area contributed by atoms with Crippen molar-refractivity contribution < 1.29 is 15.0 Å². The van der Waals surface area contributed by atoms with Crippen LogP contribution in [0.15, 0.2) is 17.3 Å². The first-order valence-electron chi connectivity index (χ1n) is 5.79. The predicted molar refractivity (Wildman–Crippen MR) is 80.4 cm³/mol. The van der Waals surface area contributed by atoms with Gasteiger partial charge in [0.25, 0.3) is 0 Å². The Balaban J connectivity index is 2.53. The molecule has 0 spiro atoms.